The largest absolute Gasteiger partial charge is 0.416 e. The van der Waals surface area contributed by atoms with E-state index in [9.17, 15) is 26.4 Å². The Hall–Kier alpha value is -2.70. The van der Waals surface area contributed by atoms with Crippen LogP contribution >= 0.6 is 22.9 Å². The molecule has 0 aliphatic rings. The number of alkyl halides is 3. The van der Waals surface area contributed by atoms with Gasteiger partial charge in [-0.2, -0.15) is 13.2 Å². The summed E-state index contributed by atoms with van der Waals surface area (Å²) < 4.78 is 66.0. The number of hydrogen-bond donors (Lipinski definition) is 2. The third-order valence-corrected chi connectivity index (χ3v) is 6.62. The highest BCUT2D eigenvalue weighted by molar-refractivity contribution is 7.92. The number of anilines is 2. The molecule has 0 fully saturated rings. The van der Waals surface area contributed by atoms with Gasteiger partial charge in [0.1, 0.15) is 5.01 Å². The van der Waals surface area contributed by atoms with Gasteiger partial charge in [-0.3, -0.25) is 14.8 Å². The Morgan fingerprint density at radius 3 is 2.55 bits per heavy atom. The molecule has 2 N–H and O–H groups in total. The van der Waals surface area contributed by atoms with Gasteiger partial charge in [-0.15, -0.1) is 10.2 Å². The van der Waals surface area contributed by atoms with E-state index in [-0.39, 0.29) is 26.3 Å². The summed E-state index contributed by atoms with van der Waals surface area (Å²) in [6.45, 7) is 1.87. The minimum absolute atomic E-state index is 0.0178. The quantitative estimate of drug-likeness (QED) is 0.515. The number of nitrogens with one attached hydrogen (secondary N) is 2. The van der Waals surface area contributed by atoms with Gasteiger partial charge in [0.15, 0.2) is 0 Å². The van der Waals surface area contributed by atoms with E-state index in [1.165, 1.54) is 12.1 Å². The maximum absolute atomic E-state index is 12.9. The van der Waals surface area contributed by atoms with Crippen molar-refractivity contribution in [3.05, 3.63) is 63.6 Å². The van der Waals surface area contributed by atoms with E-state index in [2.05, 4.69) is 20.2 Å². The summed E-state index contributed by atoms with van der Waals surface area (Å²) in [5.41, 5.74) is -1.44. The standard InChI is InChI=1S/C18H14ClF3N4O3S2/c1-2-15-24-25-17(30-15)23-16(27)13-9-12(6-7-14(13)19)31(28,29)26-11-5-3-4-10(8-11)18(20,21)22/h3-9,26H,2H2,1H3,(H,23,25,27). The van der Waals surface area contributed by atoms with E-state index in [1.807, 2.05) is 6.92 Å². The fraction of sp³-hybridized carbons (Fsp3) is 0.167. The molecular formula is C18H14ClF3N4O3S2. The first-order valence-corrected chi connectivity index (χ1v) is 11.3. The maximum atomic E-state index is 12.9. The number of aryl methyl sites for hydroxylation is 1. The van der Waals surface area contributed by atoms with Gasteiger partial charge in [0.25, 0.3) is 15.9 Å². The summed E-state index contributed by atoms with van der Waals surface area (Å²) >= 11 is 7.19. The van der Waals surface area contributed by atoms with Crippen LogP contribution in [0.25, 0.3) is 0 Å². The van der Waals surface area contributed by atoms with Gasteiger partial charge in [0.2, 0.25) is 5.13 Å². The van der Waals surface area contributed by atoms with E-state index in [1.54, 1.807) is 0 Å². The molecule has 0 atom stereocenters. The Morgan fingerprint density at radius 2 is 1.90 bits per heavy atom. The Kier molecular flexibility index (Phi) is 6.53. The van der Waals surface area contributed by atoms with Crippen LogP contribution < -0.4 is 10.0 Å². The zero-order valence-corrected chi connectivity index (χ0v) is 18.1. The number of sulfonamides is 1. The summed E-state index contributed by atoms with van der Waals surface area (Å²) in [4.78, 5) is 12.2. The second-order valence-electron chi connectivity index (χ2n) is 6.13. The molecule has 0 saturated carbocycles. The van der Waals surface area contributed by atoms with Crippen LogP contribution in [-0.4, -0.2) is 24.5 Å². The molecule has 7 nitrogen and oxygen atoms in total. The number of halogens is 4. The first kappa shape index (κ1) is 23.0. The molecule has 1 aromatic heterocycles. The van der Waals surface area contributed by atoms with Gasteiger partial charge in [0.05, 0.1) is 21.0 Å². The molecule has 0 spiro atoms. The second kappa shape index (κ2) is 8.81. The van der Waals surface area contributed by atoms with E-state index in [4.69, 9.17) is 11.6 Å². The van der Waals surface area contributed by atoms with Crippen LogP contribution in [-0.2, 0) is 22.6 Å². The number of amides is 1. The third-order valence-electron chi connectivity index (χ3n) is 3.92. The number of benzene rings is 2. The fourth-order valence-corrected chi connectivity index (χ4v) is 4.38. The van der Waals surface area contributed by atoms with Gasteiger partial charge in [0, 0.05) is 5.69 Å². The normalized spacial score (nSPS) is 11.9. The number of rotatable bonds is 6. The molecule has 0 aliphatic heterocycles. The molecule has 1 amide bonds. The SMILES string of the molecule is CCc1nnc(NC(=O)c2cc(S(=O)(=O)Nc3cccc(C(F)(F)F)c3)ccc2Cl)s1. The molecule has 0 radical (unpaired) electrons. The zero-order valence-electron chi connectivity index (χ0n) is 15.7. The molecule has 1 heterocycles. The molecule has 31 heavy (non-hydrogen) atoms. The van der Waals surface area contributed by atoms with Gasteiger partial charge in [-0.25, -0.2) is 8.42 Å². The fourth-order valence-electron chi connectivity index (χ4n) is 2.43. The highest BCUT2D eigenvalue weighted by Gasteiger charge is 2.31. The van der Waals surface area contributed by atoms with Crippen LogP contribution in [0.15, 0.2) is 47.4 Å². The topological polar surface area (TPSA) is 101 Å². The van der Waals surface area contributed by atoms with Crippen LogP contribution in [0.1, 0.15) is 27.9 Å². The van der Waals surface area contributed by atoms with Crippen molar-refractivity contribution >= 4 is 49.7 Å². The van der Waals surface area contributed by atoms with Crippen LogP contribution in [0, 0.1) is 0 Å². The molecule has 2 aromatic carbocycles. The lowest BCUT2D eigenvalue weighted by atomic mass is 10.2. The first-order valence-electron chi connectivity index (χ1n) is 8.63. The van der Waals surface area contributed by atoms with Crippen molar-refractivity contribution in [1.29, 1.82) is 0 Å². The summed E-state index contributed by atoms with van der Waals surface area (Å²) in [5, 5.41) is 11.1. The summed E-state index contributed by atoms with van der Waals surface area (Å²) in [6, 6.07) is 7.10. The second-order valence-corrected chi connectivity index (χ2v) is 9.29. The lowest BCUT2D eigenvalue weighted by Crippen LogP contribution is -2.17. The van der Waals surface area contributed by atoms with E-state index in [0.717, 1.165) is 35.6 Å². The minimum atomic E-state index is -4.63. The van der Waals surface area contributed by atoms with Crippen LogP contribution in [0.3, 0.4) is 0 Å². The highest BCUT2D eigenvalue weighted by Crippen LogP contribution is 2.31. The third kappa shape index (κ3) is 5.51. The molecular weight excluding hydrogens is 477 g/mol. The van der Waals surface area contributed by atoms with E-state index >= 15 is 0 Å². The molecule has 164 valence electrons. The monoisotopic (exact) mass is 490 g/mol. The number of carbonyl (C=O) groups is 1. The van der Waals surface area contributed by atoms with Crippen molar-refractivity contribution in [2.75, 3.05) is 10.0 Å². The van der Waals surface area contributed by atoms with Gasteiger partial charge in [-0.1, -0.05) is 35.9 Å². The highest BCUT2D eigenvalue weighted by atomic mass is 35.5. The van der Waals surface area contributed by atoms with Crippen LogP contribution in [0.5, 0.6) is 0 Å². The number of carbonyl (C=O) groups excluding carboxylic acids is 1. The first-order chi connectivity index (χ1) is 14.5. The Balaban J connectivity index is 1.86. The average molecular weight is 491 g/mol. The molecule has 13 heteroatoms. The summed E-state index contributed by atoms with van der Waals surface area (Å²) in [5.74, 6) is -0.708. The smallest absolute Gasteiger partial charge is 0.296 e. The zero-order chi connectivity index (χ0) is 22.8. The van der Waals surface area contributed by atoms with Crippen molar-refractivity contribution in [1.82, 2.24) is 10.2 Å². The van der Waals surface area contributed by atoms with Crippen molar-refractivity contribution in [3.63, 3.8) is 0 Å². The van der Waals surface area contributed by atoms with Crippen molar-refractivity contribution in [2.24, 2.45) is 0 Å². The number of nitrogens with zero attached hydrogens (tertiary/aromatic N) is 2. The van der Waals surface area contributed by atoms with E-state index in [0.29, 0.717) is 17.5 Å². The molecule has 0 aliphatic carbocycles. The molecule has 0 bridgehead atoms. The minimum Gasteiger partial charge on any atom is -0.296 e. The Morgan fingerprint density at radius 1 is 1.16 bits per heavy atom. The van der Waals surface area contributed by atoms with Gasteiger partial charge in [-0.05, 0) is 42.8 Å². The van der Waals surface area contributed by atoms with Gasteiger partial charge >= 0.3 is 6.18 Å². The molecule has 3 rings (SSSR count). The number of aromatic nitrogens is 2. The molecule has 3 aromatic rings. The van der Waals surface area contributed by atoms with Crippen LogP contribution in [0.2, 0.25) is 5.02 Å². The predicted octanol–water partition coefficient (Wildman–Crippen LogP) is 4.83. The number of hydrogen-bond acceptors (Lipinski definition) is 6. The van der Waals surface area contributed by atoms with Crippen molar-refractivity contribution < 1.29 is 26.4 Å². The lowest BCUT2D eigenvalue weighted by molar-refractivity contribution is -0.137. The van der Waals surface area contributed by atoms with Crippen molar-refractivity contribution in [3.8, 4) is 0 Å². The Bertz CT molecular complexity index is 1230. The average Bonchev–Trinajstić information content (AvgIpc) is 3.15. The summed E-state index contributed by atoms with van der Waals surface area (Å²) in [6.07, 6.45) is -4.00. The van der Waals surface area contributed by atoms with Crippen molar-refractivity contribution in [2.45, 2.75) is 24.4 Å². The predicted molar refractivity (Wildman–Crippen MR) is 111 cm³/mol. The summed E-state index contributed by atoms with van der Waals surface area (Å²) in [7, 11) is -4.30. The molecule has 0 unspecified atom stereocenters. The Labute approximate surface area is 184 Å². The van der Waals surface area contributed by atoms with Crippen LogP contribution in [0.4, 0.5) is 24.0 Å². The lowest BCUT2D eigenvalue weighted by Gasteiger charge is -2.12. The van der Waals surface area contributed by atoms with E-state index < -0.39 is 27.7 Å². The molecule has 0 saturated heterocycles. The van der Waals surface area contributed by atoms with Gasteiger partial charge < -0.3 is 0 Å². The maximum Gasteiger partial charge on any atom is 0.416 e.